The maximum atomic E-state index is 9.91. The summed E-state index contributed by atoms with van der Waals surface area (Å²) in [7, 11) is 0. The molecule has 0 heterocycles. The maximum absolute atomic E-state index is 9.91. The molecular formula is H2F5NbO2. The van der Waals surface area contributed by atoms with Gasteiger partial charge in [0.05, 0.1) is 0 Å². The zero-order valence-electron chi connectivity index (χ0n) is 3.23. The molecule has 8 heavy (non-hydrogen) atoms. The fraction of sp³-hybridized carbons (Fsp3) is 0. The van der Waals surface area contributed by atoms with Gasteiger partial charge >= 0.3 is 33.7 Å². The molecule has 8 heteroatoms. The van der Waals surface area contributed by atoms with Crippen molar-refractivity contribution in [3.05, 3.63) is 0 Å². The van der Waals surface area contributed by atoms with Gasteiger partial charge in [0, 0.05) is 0 Å². The molecule has 2 N–H and O–H groups in total. The zero-order valence-corrected chi connectivity index (χ0v) is 5.43. The van der Waals surface area contributed by atoms with Crippen molar-refractivity contribution in [2.45, 2.75) is 0 Å². The van der Waals surface area contributed by atoms with Crippen LogP contribution in [0.3, 0.4) is 0 Å². The van der Waals surface area contributed by atoms with Gasteiger partial charge in [-0.15, -0.1) is 0 Å². The van der Waals surface area contributed by atoms with Gasteiger partial charge in [-0.3, -0.25) is 10.5 Å². The molecule has 0 aromatic rings. The van der Waals surface area contributed by atoms with Gasteiger partial charge in [0.1, 0.15) is 0 Å². The Morgan fingerprint density at radius 1 is 0.750 bits per heavy atom. The average molecular weight is 222 g/mol. The Morgan fingerprint density at radius 2 is 0.750 bits per heavy atom. The Hall–Kier alpha value is 0.310. The van der Waals surface area contributed by atoms with Crippen molar-refractivity contribution in [2.24, 2.45) is 0 Å². The molecule has 54 valence electrons. The third-order valence-corrected chi connectivity index (χ3v) is 0. The van der Waals surface area contributed by atoms with E-state index in [1.807, 2.05) is 0 Å². The Kier molecular flexibility index (Phi) is 3.82. The zero-order chi connectivity index (χ0) is 7.45. The van der Waals surface area contributed by atoms with Crippen LogP contribution >= 0.6 is 0 Å². The molecule has 0 aliphatic carbocycles. The first kappa shape index (κ1) is 11.2. The Morgan fingerprint density at radius 3 is 0.750 bits per heavy atom. The molecule has 0 aromatic heterocycles. The predicted molar refractivity (Wildman–Crippen MR) is 10.8 cm³/mol. The molecule has 0 fully saturated rings. The van der Waals surface area contributed by atoms with Crippen LogP contribution in [0, 0.1) is 0 Å². The standard InChI is InChI=1S/5FH.Nb.H2O2/c;;;;;;1-2/h5*1H;;1-2H/q;;;;;+5;/p-5. The molecule has 0 atom stereocenters. The van der Waals surface area contributed by atoms with Gasteiger partial charge in [0.15, 0.2) is 0 Å². The summed E-state index contributed by atoms with van der Waals surface area (Å²) in [5.41, 5.74) is 0. The van der Waals surface area contributed by atoms with E-state index < -0.39 is 18.5 Å². The normalized spacial score (nSPS) is 15.1. The van der Waals surface area contributed by atoms with Crippen molar-refractivity contribution in [3.63, 3.8) is 0 Å². The quantitative estimate of drug-likeness (QED) is 0.285. The van der Waals surface area contributed by atoms with E-state index in [9.17, 15) is 15.1 Å². The van der Waals surface area contributed by atoms with Crippen LogP contribution in [0.5, 0.6) is 0 Å². The number of hydrogen-bond donors (Lipinski definition) is 2. The second kappa shape index (κ2) is 2.74. The van der Waals surface area contributed by atoms with Gasteiger partial charge in [-0.05, 0) is 0 Å². The summed E-state index contributed by atoms with van der Waals surface area (Å²) < 4.78 is 49.6. The van der Waals surface area contributed by atoms with Crippen LogP contribution in [0.2, 0.25) is 0 Å². The van der Waals surface area contributed by atoms with E-state index in [1.54, 1.807) is 0 Å². The molecule has 0 bridgehead atoms. The second-order valence-corrected chi connectivity index (χ2v) is 3.78. The molecule has 0 saturated heterocycles. The van der Waals surface area contributed by atoms with Gasteiger partial charge in [0.2, 0.25) is 0 Å². The molecule has 0 aliphatic heterocycles. The van der Waals surface area contributed by atoms with Crippen molar-refractivity contribution in [1.29, 1.82) is 0 Å². The Balaban J connectivity index is 0. The van der Waals surface area contributed by atoms with E-state index >= 15 is 0 Å². The summed E-state index contributed by atoms with van der Waals surface area (Å²) in [5.74, 6) is 0. The van der Waals surface area contributed by atoms with Crippen LogP contribution < -0.4 is 0 Å². The monoisotopic (exact) mass is 222 g/mol. The minimum atomic E-state index is -9.19. The van der Waals surface area contributed by atoms with Crippen molar-refractivity contribution in [2.75, 3.05) is 0 Å². The van der Waals surface area contributed by atoms with Crippen molar-refractivity contribution < 1.29 is 44.2 Å². The number of rotatable bonds is 0. The van der Waals surface area contributed by atoms with E-state index in [1.165, 1.54) is 0 Å². The van der Waals surface area contributed by atoms with Crippen LogP contribution in [-0.4, -0.2) is 10.5 Å². The molecule has 0 aromatic carbocycles. The fourth-order valence-corrected chi connectivity index (χ4v) is 0. The van der Waals surface area contributed by atoms with Gasteiger partial charge in [-0.25, -0.2) is 0 Å². The van der Waals surface area contributed by atoms with Crippen LogP contribution in [-0.2, 0) is 18.5 Å². The molecule has 0 rings (SSSR count). The van der Waals surface area contributed by atoms with E-state index in [0.717, 1.165) is 0 Å². The summed E-state index contributed by atoms with van der Waals surface area (Å²) in [6.07, 6.45) is 0. The predicted octanol–water partition coefficient (Wildman–Crippen LogP) is 2.12. The molecule has 0 spiro atoms. The first-order valence-corrected chi connectivity index (χ1v) is 5.20. The molecule has 2 nitrogen and oxygen atoms in total. The topological polar surface area (TPSA) is 40.5 Å². The van der Waals surface area contributed by atoms with Crippen LogP contribution in [0.15, 0.2) is 0 Å². The van der Waals surface area contributed by atoms with Crippen LogP contribution in [0.4, 0.5) is 15.1 Å². The first-order chi connectivity index (χ1) is 3.24. The molecule has 0 saturated carbocycles. The van der Waals surface area contributed by atoms with Gasteiger partial charge in [-0.1, -0.05) is 0 Å². The number of halogens is 5. The van der Waals surface area contributed by atoms with Gasteiger partial charge < -0.3 is 0 Å². The van der Waals surface area contributed by atoms with E-state index in [-0.39, 0.29) is 0 Å². The van der Waals surface area contributed by atoms with Gasteiger partial charge in [0.25, 0.3) is 0 Å². The molecule has 0 aliphatic rings. The first-order valence-electron chi connectivity index (χ1n) is 1.05. The Labute approximate surface area is 44.9 Å². The fourth-order valence-electron chi connectivity index (χ4n) is 0. The Bertz CT molecular complexity index is 43.6. The molecule has 0 amide bonds. The summed E-state index contributed by atoms with van der Waals surface area (Å²) >= 11 is -9.19. The van der Waals surface area contributed by atoms with Crippen molar-refractivity contribution >= 4 is 0 Å². The molecular weight excluding hydrogens is 220 g/mol. The van der Waals surface area contributed by atoms with Crippen LogP contribution in [0.25, 0.3) is 0 Å². The number of hydrogen-bond acceptors (Lipinski definition) is 2. The van der Waals surface area contributed by atoms with Crippen molar-refractivity contribution in [1.82, 2.24) is 0 Å². The van der Waals surface area contributed by atoms with E-state index in [2.05, 4.69) is 0 Å². The SMILES string of the molecule is OO.[F][Nb]([F])([F])([F])[F]. The van der Waals surface area contributed by atoms with Gasteiger partial charge in [-0.2, -0.15) is 0 Å². The summed E-state index contributed by atoms with van der Waals surface area (Å²) in [6.45, 7) is 0. The minimum absolute atomic E-state index is 6.00. The van der Waals surface area contributed by atoms with Crippen molar-refractivity contribution in [3.8, 4) is 0 Å². The summed E-state index contributed by atoms with van der Waals surface area (Å²) in [5, 5.41) is 12.0. The van der Waals surface area contributed by atoms with Crippen LogP contribution in [0.1, 0.15) is 0 Å². The third kappa shape index (κ3) is 1850. The summed E-state index contributed by atoms with van der Waals surface area (Å²) in [4.78, 5) is 0. The second-order valence-electron chi connectivity index (χ2n) is 0.639. The molecule has 0 radical (unpaired) electrons. The molecule has 0 unspecified atom stereocenters. The average Bonchev–Trinajstić information content (AvgIpc) is 1.33. The summed E-state index contributed by atoms with van der Waals surface area (Å²) in [6, 6.07) is 0. The third-order valence-electron chi connectivity index (χ3n) is 0. The van der Waals surface area contributed by atoms with E-state index in [4.69, 9.17) is 10.5 Å². The van der Waals surface area contributed by atoms with E-state index in [0.29, 0.717) is 0 Å².